The maximum Gasteiger partial charge on any atom is 0.191 e. The molecule has 0 amide bonds. The molecule has 0 aromatic heterocycles. The van der Waals surface area contributed by atoms with E-state index in [1.165, 1.54) is 11.6 Å². The molecule has 0 aliphatic rings. The first-order valence-corrected chi connectivity index (χ1v) is 7.42. The number of hydrogen-bond donors (Lipinski definition) is 2. The van der Waals surface area contributed by atoms with Gasteiger partial charge in [-0.25, -0.2) is 4.39 Å². The van der Waals surface area contributed by atoms with Crippen LogP contribution in [0.5, 0.6) is 0 Å². The standard InChI is InChI=1S/C18H22FN3.HI/c1-14-12-17(19)9-8-16(14)10-11-21-18(20-2)22-13-15-6-4-3-5-7-15;/h3-9,12H,10-11,13H2,1-2H3,(H2,20,21,22);1H. The van der Waals surface area contributed by atoms with Crippen molar-refractivity contribution in [2.75, 3.05) is 13.6 Å². The summed E-state index contributed by atoms with van der Waals surface area (Å²) in [4.78, 5) is 4.21. The van der Waals surface area contributed by atoms with E-state index < -0.39 is 0 Å². The van der Waals surface area contributed by atoms with Crippen molar-refractivity contribution in [3.05, 3.63) is 71.0 Å². The van der Waals surface area contributed by atoms with Crippen molar-refractivity contribution in [2.45, 2.75) is 19.9 Å². The molecule has 0 radical (unpaired) electrons. The van der Waals surface area contributed by atoms with Gasteiger partial charge in [0.1, 0.15) is 5.82 Å². The Hall–Kier alpha value is -1.63. The highest BCUT2D eigenvalue weighted by atomic mass is 127. The molecule has 0 atom stereocenters. The summed E-state index contributed by atoms with van der Waals surface area (Å²) in [6.45, 7) is 3.41. The second-order valence-corrected chi connectivity index (χ2v) is 5.16. The molecule has 124 valence electrons. The normalized spacial score (nSPS) is 10.8. The molecule has 3 nitrogen and oxygen atoms in total. The van der Waals surface area contributed by atoms with Crippen molar-refractivity contribution in [1.29, 1.82) is 0 Å². The molecule has 0 heterocycles. The van der Waals surface area contributed by atoms with Crippen LogP contribution in [-0.4, -0.2) is 19.6 Å². The van der Waals surface area contributed by atoms with E-state index in [9.17, 15) is 4.39 Å². The van der Waals surface area contributed by atoms with Gasteiger partial charge in [0.15, 0.2) is 5.96 Å². The zero-order chi connectivity index (χ0) is 15.8. The monoisotopic (exact) mass is 427 g/mol. The van der Waals surface area contributed by atoms with Gasteiger partial charge in [-0.15, -0.1) is 24.0 Å². The van der Waals surface area contributed by atoms with Crippen molar-refractivity contribution < 1.29 is 4.39 Å². The molecule has 0 saturated heterocycles. The van der Waals surface area contributed by atoms with Gasteiger partial charge >= 0.3 is 0 Å². The third-order valence-electron chi connectivity index (χ3n) is 3.52. The van der Waals surface area contributed by atoms with E-state index in [2.05, 4.69) is 27.8 Å². The molecule has 0 spiro atoms. The minimum atomic E-state index is -0.186. The zero-order valence-corrected chi connectivity index (χ0v) is 15.8. The maximum atomic E-state index is 13.1. The summed E-state index contributed by atoms with van der Waals surface area (Å²) in [7, 11) is 1.75. The van der Waals surface area contributed by atoms with E-state index in [0.717, 1.165) is 36.6 Å². The van der Waals surface area contributed by atoms with Crippen LogP contribution in [0.3, 0.4) is 0 Å². The summed E-state index contributed by atoms with van der Waals surface area (Å²) >= 11 is 0. The van der Waals surface area contributed by atoms with Crippen molar-refractivity contribution >= 4 is 29.9 Å². The molecule has 0 bridgehead atoms. The highest BCUT2D eigenvalue weighted by molar-refractivity contribution is 14.0. The Morgan fingerprint density at radius 2 is 1.83 bits per heavy atom. The van der Waals surface area contributed by atoms with Crippen molar-refractivity contribution in [3.8, 4) is 0 Å². The van der Waals surface area contributed by atoms with E-state index in [4.69, 9.17) is 0 Å². The predicted octanol–water partition coefficient (Wildman–Crippen LogP) is 3.66. The van der Waals surface area contributed by atoms with Crippen LogP contribution in [0.4, 0.5) is 4.39 Å². The van der Waals surface area contributed by atoms with Gasteiger partial charge in [0, 0.05) is 20.1 Å². The number of rotatable bonds is 5. The van der Waals surface area contributed by atoms with Crippen LogP contribution >= 0.6 is 24.0 Å². The van der Waals surface area contributed by atoms with E-state index in [-0.39, 0.29) is 29.8 Å². The summed E-state index contributed by atoms with van der Waals surface area (Å²) in [6.07, 6.45) is 0.831. The van der Waals surface area contributed by atoms with Crippen LogP contribution in [0.25, 0.3) is 0 Å². The molecule has 2 N–H and O–H groups in total. The van der Waals surface area contributed by atoms with Crippen LogP contribution in [0.15, 0.2) is 53.5 Å². The second kappa shape index (κ2) is 10.2. The van der Waals surface area contributed by atoms with Gasteiger partial charge in [-0.1, -0.05) is 36.4 Å². The Bertz CT molecular complexity index is 629. The van der Waals surface area contributed by atoms with Gasteiger partial charge in [-0.3, -0.25) is 4.99 Å². The maximum absolute atomic E-state index is 13.1. The number of aryl methyl sites for hydroxylation is 1. The smallest absolute Gasteiger partial charge is 0.191 e. The number of benzene rings is 2. The topological polar surface area (TPSA) is 36.4 Å². The Labute approximate surface area is 154 Å². The van der Waals surface area contributed by atoms with E-state index in [1.54, 1.807) is 13.1 Å². The number of hydrogen-bond acceptors (Lipinski definition) is 1. The fourth-order valence-electron chi connectivity index (χ4n) is 2.26. The van der Waals surface area contributed by atoms with E-state index >= 15 is 0 Å². The van der Waals surface area contributed by atoms with Crippen molar-refractivity contribution in [3.63, 3.8) is 0 Å². The quantitative estimate of drug-likeness (QED) is 0.434. The number of nitrogens with one attached hydrogen (secondary N) is 2. The SMILES string of the molecule is CN=C(NCCc1ccc(F)cc1C)NCc1ccccc1.I. The van der Waals surface area contributed by atoms with Crippen molar-refractivity contribution in [1.82, 2.24) is 10.6 Å². The number of nitrogens with zero attached hydrogens (tertiary/aromatic N) is 1. The first-order valence-electron chi connectivity index (χ1n) is 7.42. The lowest BCUT2D eigenvalue weighted by atomic mass is 10.1. The number of aliphatic imine (C=N–C) groups is 1. The van der Waals surface area contributed by atoms with E-state index in [1.807, 2.05) is 31.2 Å². The third-order valence-corrected chi connectivity index (χ3v) is 3.52. The average Bonchev–Trinajstić information content (AvgIpc) is 2.53. The summed E-state index contributed by atoms with van der Waals surface area (Å²) in [5.74, 6) is 0.582. The molecule has 0 saturated carbocycles. The molecule has 0 fully saturated rings. The number of halogens is 2. The molecular weight excluding hydrogens is 404 g/mol. The first-order chi connectivity index (χ1) is 10.7. The van der Waals surface area contributed by atoms with Crippen LogP contribution in [0.1, 0.15) is 16.7 Å². The summed E-state index contributed by atoms with van der Waals surface area (Å²) in [5, 5.41) is 6.55. The van der Waals surface area contributed by atoms with Gasteiger partial charge < -0.3 is 10.6 Å². The lowest BCUT2D eigenvalue weighted by Crippen LogP contribution is -2.37. The first kappa shape index (κ1) is 19.4. The molecular formula is C18H23FIN3. The summed E-state index contributed by atoms with van der Waals surface area (Å²) in [6, 6.07) is 15.1. The molecule has 0 aliphatic carbocycles. The molecule has 0 aliphatic heterocycles. The van der Waals surface area contributed by atoms with Gasteiger partial charge in [0.05, 0.1) is 0 Å². The Kier molecular flexibility index (Phi) is 8.61. The van der Waals surface area contributed by atoms with Crippen LogP contribution in [0, 0.1) is 12.7 Å². The van der Waals surface area contributed by atoms with Gasteiger partial charge in [-0.05, 0) is 42.2 Å². The van der Waals surface area contributed by atoms with E-state index in [0.29, 0.717) is 0 Å². The minimum Gasteiger partial charge on any atom is -0.356 e. The minimum absolute atomic E-state index is 0. The summed E-state index contributed by atoms with van der Waals surface area (Å²) in [5.41, 5.74) is 3.33. The van der Waals surface area contributed by atoms with Crippen LogP contribution in [0.2, 0.25) is 0 Å². The lowest BCUT2D eigenvalue weighted by molar-refractivity contribution is 0.625. The molecule has 2 aromatic carbocycles. The average molecular weight is 427 g/mol. The Balaban J connectivity index is 0.00000264. The molecule has 0 unspecified atom stereocenters. The molecule has 2 aromatic rings. The molecule has 5 heteroatoms. The largest absolute Gasteiger partial charge is 0.356 e. The van der Waals surface area contributed by atoms with Gasteiger partial charge in [0.2, 0.25) is 0 Å². The Morgan fingerprint density at radius 1 is 1.09 bits per heavy atom. The van der Waals surface area contributed by atoms with Crippen LogP contribution < -0.4 is 10.6 Å². The molecule has 23 heavy (non-hydrogen) atoms. The zero-order valence-electron chi connectivity index (χ0n) is 13.5. The van der Waals surface area contributed by atoms with Gasteiger partial charge in [-0.2, -0.15) is 0 Å². The highest BCUT2D eigenvalue weighted by Gasteiger charge is 2.02. The fourth-order valence-corrected chi connectivity index (χ4v) is 2.26. The van der Waals surface area contributed by atoms with Crippen molar-refractivity contribution in [2.24, 2.45) is 4.99 Å². The lowest BCUT2D eigenvalue weighted by Gasteiger charge is -2.12. The summed E-state index contributed by atoms with van der Waals surface area (Å²) < 4.78 is 13.1. The Morgan fingerprint density at radius 3 is 2.48 bits per heavy atom. The number of guanidine groups is 1. The third kappa shape index (κ3) is 6.56. The predicted molar refractivity (Wildman–Crippen MR) is 105 cm³/mol. The second-order valence-electron chi connectivity index (χ2n) is 5.16. The fraction of sp³-hybridized carbons (Fsp3) is 0.278. The van der Waals surface area contributed by atoms with Gasteiger partial charge in [0.25, 0.3) is 0 Å². The van der Waals surface area contributed by atoms with Crippen LogP contribution in [-0.2, 0) is 13.0 Å². The highest BCUT2D eigenvalue weighted by Crippen LogP contribution is 2.10. The molecule has 2 rings (SSSR count).